The molecular weight excluding hydrogens is 705 g/mol. The molecule has 260 valence electrons. The molecule has 0 aliphatic carbocycles. The average molecular weight is 718 g/mol. The molecule has 0 atom stereocenters. The number of halogens is 23. The monoisotopic (exact) mass is 718 g/mol. The third-order valence-electron chi connectivity index (χ3n) is 5.72. The third kappa shape index (κ3) is 5.49. The van der Waals surface area contributed by atoms with E-state index < -0.39 is 86.7 Å². The summed E-state index contributed by atoms with van der Waals surface area (Å²) in [6.07, 6.45) is -20.0. The Hall–Kier alpha value is -1.51. The summed E-state index contributed by atoms with van der Waals surface area (Å²) in [6.45, 7) is 0. The van der Waals surface area contributed by atoms with Gasteiger partial charge in [-0.3, -0.25) is 0 Å². The van der Waals surface area contributed by atoms with Crippen LogP contribution in [-0.2, 0) is 13.3 Å². The normalized spacial score (nSPS) is 16.6. The lowest BCUT2D eigenvalue weighted by molar-refractivity contribution is -0.481. The lowest BCUT2D eigenvalue weighted by Crippen LogP contribution is -2.79. The van der Waals surface area contributed by atoms with Crippen molar-refractivity contribution < 1.29 is 114 Å². The van der Waals surface area contributed by atoms with Crippen LogP contribution in [0.3, 0.4) is 0 Å². The van der Waals surface area contributed by atoms with E-state index in [4.69, 9.17) is 0 Å². The highest BCUT2D eigenvalue weighted by molar-refractivity contribution is 6.60. The van der Waals surface area contributed by atoms with Gasteiger partial charge < -0.3 is 13.3 Å². The van der Waals surface area contributed by atoms with Gasteiger partial charge in [0.1, 0.15) is 0 Å². The highest BCUT2D eigenvalue weighted by Crippen LogP contribution is 2.68. The fourth-order valence-corrected chi connectivity index (χ4v) is 4.70. The topological polar surface area (TPSA) is 27.7 Å². The van der Waals surface area contributed by atoms with Crippen molar-refractivity contribution in [3.05, 3.63) is 0 Å². The zero-order valence-electron chi connectivity index (χ0n) is 20.3. The van der Waals surface area contributed by atoms with E-state index in [1.54, 1.807) is 0 Å². The van der Waals surface area contributed by atoms with E-state index in [1.165, 1.54) is 0 Å². The van der Waals surface area contributed by atoms with Gasteiger partial charge in [0, 0.05) is 33.8 Å². The first-order valence-electron chi connectivity index (χ1n) is 9.89. The Balaban J connectivity index is 7.20. The van der Waals surface area contributed by atoms with Gasteiger partial charge in [-0.1, -0.05) is 0 Å². The first-order chi connectivity index (χ1) is 18.4. The Kier molecular flexibility index (Phi) is 10.7. The molecule has 0 aromatic heterocycles. The summed E-state index contributed by atoms with van der Waals surface area (Å²) in [5.74, 6) is -70.6. The maximum absolute atomic E-state index is 14.0. The molecule has 0 rings (SSSR count). The standard InChI is InChI=1S/C16H13F23O3Si/c1-40-43(41-2,42-3)5-4-6(17,18)8(20,21)10(24,25)12(28,29)14(32,33)13(30,31)11(26,27)9(22,23)7(19,15(34,35)36)16(37,38)39/h4-5H2,1-3H3. The van der Waals surface area contributed by atoms with E-state index in [9.17, 15) is 101 Å². The van der Waals surface area contributed by atoms with Crippen LogP contribution < -0.4 is 0 Å². The highest BCUT2D eigenvalue weighted by Gasteiger charge is 3.00. The summed E-state index contributed by atoms with van der Waals surface area (Å²) in [6, 6.07) is -1.81. The van der Waals surface area contributed by atoms with Crippen molar-refractivity contribution in [2.45, 2.75) is 77.9 Å². The predicted molar refractivity (Wildman–Crippen MR) is 91.7 cm³/mol. The first-order valence-corrected chi connectivity index (χ1v) is 11.8. The SMILES string of the molecule is CO[Si](CCC(F)(F)C(F)(F)C(F)(F)C(F)(F)C(F)(F)C(F)(F)C(F)(F)C(F)(F)C(F)(C(F)(F)F)C(F)(F)F)(OC)OC. The number of alkyl halides is 23. The molecule has 3 nitrogen and oxygen atoms in total. The third-order valence-corrected chi connectivity index (χ3v) is 8.45. The van der Waals surface area contributed by atoms with Gasteiger partial charge in [-0.05, 0) is 0 Å². The van der Waals surface area contributed by atoms with Crippen LogP contribution in [0.1, 0.15) is 6.42 Å². The van der Waals surface area contributed by atoms with Crippen molar-refractivity contribution in [2.75, 3.05) is 21.3 Å². The Morgan fingerprint density at radius 2 is 0.605 bits per heavy atom. The largest absolute Gasteiger partial charge is 0.500 e. The van der Waals surface area contributed by atoms with Gasteiger partial charge in [0.25, 0.3) is 0 Å². The molecule has 0 aromatic carbocycles. The zero-order chi connectivity index (χ0) is 35.5. The number of hydrogen-bond acceptors (Lipinski definition) is 3. The van der Waals surface area contributed by atoms with Crippen LogP contribution in [-0.4, -0.2) is 95.5 Å². The van der Waals surface area contributed by atoms with Crippen molar-refractivity contribution in [3.63, 3.8) is 0 Å². The highest BCUT2D eigenvalue weighted by atomic mass is 28.4. The van der Waals surface area contributed by atoms with Crippen LogP contribution in [0.15, 0.2) is 0 Å². The van der Waals surface area contributed by atoms with E-state index >= 15 is 0 Å². The van der Waals surface area contributed by atoms with E-state index in [2.05, 4.69) is 13.3 Å². The Morgan fingerprint density at radius 3 is 0.837 bits per heavy atom. The molecule has 0 heterocycles. The van der Waals surface area contributed by atoms with Gasteiger partial charge >= 0.3 is 74.2 Å². The lowest BCUT2D eigenvalue weighted by Gasteiger charge is -2.46. The van der Waals surface area contributed by atoms with Crippen LogP contribution in [0.4, 0.5) is 101 Å². The van der Waals surface area contributed by atoms with E-state index in [-0.39, 0.29) is 0 Å². The first kappa shape index (κ1) is 41.5. The molecule has 0 amide bonds. The Bertz CT molecular complexity index is 944. The van der Waals surface area contributed by atoms with Crippen molar-refractivity contribution in [1.29, 1.82) is 0 Å². The molecular formula is C16H13F23O3Si. The molecule has 0 aromatic rings. The van der Waals surface area contributed by atoms with E-state index in [1.807, 2.05) is 0 Å². The zero-order valence-corrected chi connectivity index (χ0v) is 21.3. The maximum atomic E-state index is 14.0. The van der Waals surface area contributed by atoms with Crippen LogP contribution >= 0.6 is 0 Å². The molecule has 0 spiro atoms. The molecule has 0 unspecified atom stereocenters. The maximum Gasteiger partial charge on any atom is 0.500 e. The van der Waals surface area contributed by atoms with Gasteiger partial charge in [0.2, 0.25) is 0 Å². The van der Waals surface area contributed by atoms with Crippen LogP contribution in [0.25, 0.3) is 0 Å². The molecule has 43 heavy (non-hydrogen) atoms. The molecule has 0 aliphatic rings. The second-order valence-electron chi connectivity index (χ2n) is 8.17. The summed E-state index contributed by atoms with van der Waals surface area (Å²) in [5, 5.41) is 0. The molecule has 0 N–H and O–H groups in total. The summed E-state index contributed by atoms with van der Waals surface area (Å²) in [7, 11) is -2.96. The van der Waals surface area contributed by atoms with Crippen molar-refractivity contribution in [2.24, 2.45) is 0 Å². The summed E-state index contributed by atoms with van der Waals surface area (Å²) < 4.78 is 322. The Morgan fingerprint density at radius 1 is 0.372 bits per heavy atom. The van der Waals surface area contributed by atoms with Gasteiger partial charge in [-0.2, -0.15) is 96.6 Å². The quantitative estimate of drug-likeness (QED) is 0.134. The van der Waals surface area contributed by atoms with E-state index in [0.717, 1.165) is 0 Å². The minimum absolute atomic E-state index is 0.542. The van der Waals surface area contributed by atoms with Crippen molar-refractivity contribution >= 4 is 8.80 Å². The Labute approximate surface area is 223 Å². The van der Waals surface area contributed by atoms with Crippen molar-refractivity contribution in [1.82, 2.24) is 0 Å². The van der Waals surface area contributed by atoms with Crippen LogP contribution in [0.5, 0.6) is 0 Å². The second-order valence-corrected chi connectivity index (χ2v) is 11.3. The van der Waals surface area contributed by atoms with Crippen molar-refractivity contribution in [3.8, 4) is 0 Å². The molecule has 0 bridgehead atoms. The molecule has 0 aliphatic heterocycles. The summed E-state index contributed by atoms with van der Waals surface area (Å²) in [5.41, 5.74) is -9.04. The van der Waals surface area contributed by atoms with Crippen LogP contribution in [0, 0.1) is 0 Å². The smallest absolute Gasteiger partial charge is 0.377 e. The minimum Gasteiger partial charge on any atom is -0.377 e. The lowest BCUT2D eigenvalue weighted by atomic mass is 9.82. The van der Waals surface area contributed by atoms with E-state index in [0.29, 0.717) is 21.3 Å². The number of hydrogen-bond donors (Lipinski definition) is 0. The molecule has 27 heteroatoms. The van der Waals surface area contributed by atoms with Gasteiger partial charge in [-0.15, -0.1) is 0 Å². The van der Waals surface area contributed by atoms with Gasteiger partial charge in [0.15, 0.2) is 0 Å². The predicted octanol–water partition coefficient (Wildman–Crippen LogP) is 8.17. The van der Waals surface area contributed by atoms with Crippen LogP contribution in [0.2, 0.25) is 6.04 Å². The number of rotatable bonds is 14. The fraction of sp³-hybridized carbons (Fsp3) is 1.00. The average Bonchev–Trinajstić information content (AvgIpc) is 2.82. The molecule has 0 saturated carbocycles. The molecule has 0 radical (unpaired) electrons. The fourth-order valence-electron chi connectivity index (χ4n) is 2.97. The van der Waals surface area contributed by atoms with Gasteiger partial charge in [0.05, 0.1) is 0 Å². The second kappa shape index (κ2) is 11.1. The summed E-state index contributed by atoms with van der Waals surface area (Å²) in [4.78, 5) is 0. The molecule has 0 fully saturated rings. The summed E-state index contributed by atoms with van der Waals surface area (Å²) >= 11 is 0. The minimum atomic E-state index is -9.49. The molecule has 0 saturated heterocycles. The van der Waals surface area contributed by atoms with Gasteiger partial charge in [-0.25, -0.2) is 4.39 Å².